The molecule has 4 amide bonds. The molecule has 3 N–H and O–H groups in total. The van der Waals surface area contributed by atoms with Crippen molar-refractivity contribution in [2.75, 3.05) is 6.54 Å². The van der Waals surface area contributed by atoms with Gasteiger partial charge in [-0.3, -0.25) is 19.2 Å². The van der Waals surface area contributed by atoms with Gasteiger partial charge >= 0.3 is 6.43 Å². The number of hydrogen-bond donors (Lipinski definition) is 3. The molecular weight excluding hydrogens is 482 g/mol. The van der Waals surface area contributed by atoms with E-state index in [1.54, 1.807) is 20.8 Å². The van der Waals surface area contributed by atoms with Crippen LogP contribution in [0.5, 0.6) is 0 Å². The standard InChI is InChI=1S/C24H33B2F2N5O4/c1-22(2,3)16(31-20(36)17(27)28)21(37)33-10-13-14(23(13,4)5)15(33)19(35)30-12(9-29)8-11-6-7-24(25,26)32-18(11)34/h11-17H,6-8,10H2,1-5H3,(H,30,35)(H,31,36)(H,32,34)/t11-,12-,13-,14-,15-,16?/m0/s1. The molecule has 0 aromatic carbocycles. The molecule has 1 aliphatic carbocycles. The molecule has 13 heteroatoms. The number of nitrogens with one attached hydrogen (secondary N) is 3. The van der Waals surface area contributed by atoms with Crippen molar-refractivity contribution in [2.45, 2.75) is 83.8 Å². The van der Waals surface area contributed by atoms with Crippen molar-refractivity contribution < 1.29 is 28.0 Å². The smallest absolute Gasteiger partial charge is 0.315 e. The molecule has 37 heavy (non-hydrogen) atoms. The van der Waals surface area contributed by atoms with Gasteiger partial charge < -0.3 is 20.9 Å². The van der Waals surface area contributed by atoms with Crippen molar-refractivity contribution in [2.24, 2.45) is 28.6 Å². The van der Waals surface area contributed by atoms with E-state index in [4.69, 9.17) is 15.7 Å². The highest BCUT2D eigenvalue weighted by molar-refractivity contribution is 6.41. The fraction of sp³-hybridized carbons (Fsp3) is 0.792. The Hall–Kier alpha value is -2.64. The summed E-state index contributed by atoms with van der Waals surface area (Å²) in [6.07, 6.45) is -2.61. The van der Waals surface area contributed by atoms with E-state index in [0.29, 0.717) is 12.8 Å². The summed E-state index contributed by atoms with van der Waals surface area (Å²) in [6, 6.07) is -1.24. The number of nitrogens with zero attached hydrogens (tertiary/aromatic N) is 2. The summed E-state index contributed by atoms with van der Waals surface area (Å²) in [6.45, 7) is 9.08. The van der Waals surface area contributed by atoms with Crippen molar-refractivity contribution in [1.29, 1.82) is 5.26 Å². The average Bonchev–Trinajstić information content (AvgIpc) is 3.10. The molecule has 0 spiro atoms. The number of hydrogen-bond acceptors (Lipinski definition) is 5. The summed E-state index contributed by atoms with van der Waals surface area (Å²) >= 11 is 0. The summed E-state index contributed by atoms with van der Waals surface area (Å²) < 4.78 is 25.9. The maximum absolute atomic E-state index is 13.6. The first-order valence-corrected chi connectivity index (χ1v) is 12.4. The molecule has 2 heterocycles. The van der Waals surface area contributed by atoms with Gasteiger partial charge in [-0.05, 0) is 47.3 Å². The number of piperidine rings is 2. The summed E-state index contributed by atoms with van der Waals surface area (Å²) in [5.41, 5.74) is -1.14. The number of rotatable bonds is 7. The number of carbonyl (C=O) groups excluding carboxylic acids is 4. The zero-order valence-corrected chi connectivity index (χ0v) is 21.8. The zero-order valence-electron chi connectivity index (χ0n) is 21.8. The van der Waals surface area contributed by atoms with Crippen LogP contribution in [0, 0.1) is 39.9 Å². The van der Waals surface area contributed by atoms with Gasteiger partial charge in [0.15, 0.2) is 0 Å². The second-order valence-corrected chi connectivity index (χ2v) is 12.2. The Morgan fingerprint density at radius 2 is 1.86 bits per heavy atom. The van der Waals surface area contributed by atoms with Gasteiger partial charge in [0.25, 0.3) is 5.91 Å². The molecule has 3 rings (SSSR count). The minimum atomic E-state index is -3.29. The topological polar surface area (TPSA) is 131 Å². The molecule has 198 valence electrons. The molecule has 0 bridgehead atoms. The van der Waals surface area contributed by atoms with Crippen LogP contribution in [-0.4, -0.2) is 80.7 Å². The Bertz CT molecular complexity index is 1010. The fourth-order valence-corrected chi connectivity index (χ4v) is 5.68. The monoisotopic (exact) mass is 515 g/mol. The van der Waals surface area contributed by atoms with Crippen LogP contribution >= 0.6 is 0 Å². The lowest BCUT2D eigenvalue weighted by atomic mass is 9.57. The van der Waals surface area contributed by atoms with E-state index in [0.717, 1.165) is 0 Å². The molecule has 0 aromatic heterocycles. The first-order chi connectivity index (χ1) is 16.9. The van der Waals surface area contributed by atoms with Crippen LogP contribution in [0.2, 0.25) is 0 Å². The van der Waals surface area contributed by atoms with E-state index in [1.807, 2.05) is 19.9 Å². The molecule has 3 fully saturated rings. The predicted molar refractivity (Wildman–Crippen MR) is 131 cm³/mol. The lowest BCUT2D eigenvalue weighted by Crippen LogP contribution is -2.60. The Morgan fingerprint density at radius 3 is 2.38 bits per heavy atom. The Labute approximate surface area is 218 Å². The lowest BCUT2D eigenvalue weighted by molar-refractivity contribution is -0.147. The summed E-state index contributed by atoms with van der Waals surface area (Å²) in [4.78, 5) is 52.5. The van der Waals surface area contributed by atoms with Crippen molar-refractivity contribution in [3.63, 3.8) is 0 Å². The van der Waals surface area contributed by atoms with Crippen molar-refractivity contribution >= 4 is 39.3 Å². The van der Waals surface area contributed by atoms with Crippen molar-refractivity contribution in [1.82, 2.24) is 20.9 Å². The molecule has 6 atom stereocenters. The molecule has 9 nitrogen and oxygen atoms in total. The van der Waals surface area contributed by atoms with Gasteiger partial charge in [-0.15, -0.1) is 0 Å². The minimum Gasteiger partial charge on any atom is -0.368 e. The van der Waals surface area contributed by atoms with Gasteiger partial charge in [0.05, 0.1) is 21.8 Å². The molecular formula is C24H33B2F2N5O4. The van der Waals surface area contributed by atoms with Crippen molar-refractivity contribution in [3.8, 4) is 6.07 Å². The van der Waals surface area contributed by atoms with Gasteiger partial charge in [0.1, 0.15) is 18.1 Å². The first kappa shape index (κ1) is 28.9. The summed E-state index contributed by atoms with van der Waals surface area (Å²) in [5.74, 6) is -3.93. The number of nitriles is 1. The highest BCUT2D eigenvalue weighted by Gasteiger charge is 2.69. The molecule has 1 unspecified atom stereocenters. The zero-order chi connectivity index (χ0) is 28.1. The predicted octanol–water partition coefficient (Wildman–Crippen LogP) is 0.181. The number of carbonyl (C=O) groups is 4. The van der Waals surface area contributed by atoms with Gasteiger partial charge in [-0.25, -0.2) is 0 Å². The highest BCUT2D eigenvalue weighted by Crippen LogP contribution is 2.65. The number of halogens is 2. The maximum Gasteiger partial charge on any atom is 0.315 e. The molecule has 2 aliphatic heterocycles. The van der Waals surface area contributed by atoms with Crippen LogP contribution < -0.4 is 16.0 Å². The Kier molecular flexibility index (Phi) is 7.75. The minimum absolute atomic E-state index is 0.00510. The second kappa shape index (κ2) is 9.91. The van der Waals surface area contributed by atoms with Crippen LogP contribution in [0.1, 0.15) is 53.9 Å². The van der Waals surface area contributed by atoms with E-state index in [-0.39, 0.29) is 30.2 Å². The molecule has 1 saturated carbocycles. The SMILES string of the molecule is [B]C1([B])CC[C@@H](C[C@@H](C#N)NC(=O)[C@@H]2[C@@H]3[C@H](CN2C(=O)C(NC(=O)C(F)F)C(C)(C)C)C3(C)C)C(=O)N1. The quantitative estimate of drug-likeness (QED) is 0.417. The third kappa shape index (κ3) is 5.93. The lowest BCUT2D eigenvalue weighted by Gasteiger charge is -2.38. The van der Waals surface area contributed by atoms with Crippen LogP contribution in [0.15, 0.2) is 0 Å². The number of likely N-dealkylation sites (tertiary alicyclic amines) is 1. The van der Waals surface area contributed by atoms with E-state index in [9.17, 15) is 33.2 Å². The van der Waals surface area contributed by atoms with Gasteiger partial charge in [-0.1, -0.05) is 34.6 Å². The second-order valence-electron chi connectivity index (χ2n) is 12.2. The molecule has 2 saturated heterocycles. The van der Waals surface area contributed by atoms with Gasteiger partial charge in [-0.2, -0.15) is 14.0 Å². The van der Waals surface area contributed by atoms with E-state index in [2.05, 4.69) is 16.0 Å². The highest BCUT2D eigenvalue weighted by atomic mass is 19.3. The van der Waals surface area contributed by atoms with Crippen LogP contribution in [0.4, 0.5) is 8.78 Å². The van der Waals surface area contributed by atoms with E-state index in [1.165, 1.54) is 4.90 Å². The largest absolute Gasteiger partial charge is 0.368 e. The molecule has 4 radical (unpaired) electrons. The normalized spacial score (nSPS) is 29.4. The molecule has 0 aromatic rings. The Balaban J connectivity index is 1.77. The van der Waals surface area contributed by atoms with E-state index >= 15 is 0 Å². The summed E-state index contributed by atoms with van der Waals surface area (Å²) in [5, 5.41) is 15.7. The summed E-state index contributed by atoms with van der Waals surface area (Å²) in [7, 11) is 11.5. The third-order valence-corrected chi connectivity index (χ3v) is 7.98. The number of alkyl halides is 2. The van der Waals surface area contributed by atoms with Crippen molar-refractivity contribution in [3.05, 3.63) is 0 Å². The third-order valence-electron chi connectivity index (χ3n) is 7.98. The first-order valence-electron chi connectivity index (χ1n) is 12.4. The van der Waals surface area contributed by atoms with Gasteiger partial charge in [0, 0.05) is 12.5 Å². The Morgan fingerprint density at radius 1 is 1.24 bits per heavy atom. The van der Waals surface area contributed by atoms with Crippen LogP contribution in [-0.2, 0) is 19.2 Å². The maximum atomic E-state index is 13.6. The van der Waals surface area contributed by atoms with Crippen LogP contribution in [0.25, 0.3) is 0 Å². The average molecular weight is 515 g/mol. The number of amides is 4. The number of fused-ring (bicyclic) bond motifs is 1. The molecule has 3 aliphatic rings. The fourth-order valence-electron chi connectivity index (χ4n) is 5.68. The van der Waals surface area contributed by atoms with Gasteiger partial charge in [0.2, 0.25) is 17.7 Å². The van der Waals surface area contributed by atoms with Crippen LogP contribution in [0.3, 0.4) is 0 Å². The van der Waals surface area contributed by atoms with E-state index < -0.39 is 64.9 Å².